The normalized spacial score (nSPS) is 11.1. The third-order valence-electron chi connectivity index (χ3n) is 3.18. The van der Waals surface area contributed by atoms with E-state index in [4.69, 9.17) is 21.4 Å². The molecule has 7 heteroatoms. The zero-order valence-electron chi connectivity index (χ0n) is 11.7. The molecule has 3 heterocycles. The van der Waals surface area contributed by atoms with Gasteiger partial charge in [-0.2, -0.15) is 0 Å². The predicted octanol–water partition coefficient (Wildman–Crippen LogP) is 2.53. The van der Waals surface area contributed by atoms with Crippen molar-refractivity contribution in [2.24, 2.45) is 0 Å². The standard InChI is InChI=1S/C14H12ClN4O.Tl/c1-8-5-9(3-4-16-8)14-13-10(18-19-14)6-12(15)17-11(13)7-20-2;/h3-6H,7H2,1-2H3;/q-1;+1. The van der Waals surface area contributed by atoms with E-state index in [1.165, 1.54) is 0 Å². The molecule has 0 atom stereocenters. The molecule has 0 spiro atoms. The van der Waals surface area contributed by atoms with E-state index >= 15 is 0 Å². The van der Waals surface area contributed by atoms with E-state index in [0.29, 0.717) is 37.8 Å². The topological polar surface area (TPSA) is 52.8 Å². The van der Waals surface area contributed by atoms with Gasteiger partial charge in [0.2, 0.25) is 0 Å². The van der Waals surface area contributed by atoms with Crippen LogP contribution >= 0.6 is 11.6 Å². The molecule has 0 fully saturated rings. The summed E-state index contributed by atoms with van der Waals surface area (Å²) in [7, 11) is 1.65. The Morgan fingerprint density at radius 1 is 1.38 bits per heavy atom. The number of pyridine rings is 2. The summed E-state index contributed by atoms with van der Waals surface area (Å²) in [5.74, 6) is 0. The second kappa shape index (κ2) is 5.98. The van der Waals surface area contributed by atoms with Gasteiger partial charge in [0.1, 0.15) is 0 Å². The van der Waals surface area contributed by atoms with E-state index in [1.54, 1.807) is 13.3 Å². The Balaban J connectivity index is 2.33. The molecule has 0 aliphatic rings. The van der Waals surface area contributed by atoms with Gasteiger partial charge in [0.25, 0.3) is 0 Å². The van der Waals surface area contributed by atoms with Crippen LogP contribution in [0.5, 0.6) is 0 Å². The summed E-state index contributed by atoms with van der Waals surface area (Å²) in [6, 6.07) is 5.85. The van der Waals surface area contributed by atoms with Crippen LogP contribution in [0.4, 0.5) is 0 Å². The number of rotatable bonds is 3. The van der Waals surface area contributed by atoms with Crippen molar-refractivity contribution in [1.29, 1.82) is 0 Å². The number of hydrogen-bond donors (Lipinski definition) is 0. The minimum atomic E-state index is 0.407. The Bertz CT molecular complexity index is 818. The van der Waals surface area contributed by atoms with Crippen molar-refractivity contribution in [3.8, 4) is 11.3 Å². The summed E-state index contributed by atoms with van der Waals surface area (Å²) in [5, 5.41) is 6.17. The van der Waals surface area contributed by atoms with Crippen molar-refractivity contribution in [1.82, 2.24) is 17.6 Å². The molecular weight excluding hydrogens is 480 g/mol. The SMILES string of the molecule is COCc1nc(Cl)cc2c1c(-c1ccnc(C)c1)n[n]2[Tl]. The number of aryl methyl sites for hydroxylation is 1. The van der Waals surface area contributed by atoms with E-state index in [9.17, 15) is 0 Å². The van der Waals surface area contributed by atoms with Gasteiger partial charge in [0.15, 0.2) is 0 Å². The number of nitrogens with zero attached hydrogens (tertiary/aromatic N) is 4. The van der Waals surface area contributed by atoms with Crippen molar-refractivity contribution >= 4 is 48.6 Å². The second-order valence-electron chi connectivity index (χ2n) is 4.70. The van der Waals surface area contributed by atoms with Gasteiger partial charge in [-0.1, -0.05) is 0 Å². The molecular formula is C14H12ClN4OTl. The van der Waals surface area contributed by atoms with E-state index in [1.807, 2.05) is 27.6 Å². The van der Waals surface area contributed by atoms with Crippen molar-refractivity contribution < 1.29 is 4.74 Å². The fourth-order valence-electron chi connectivity index (χ4n) is 2.34. The zero-order valence-corrected chi connectivity index (χ0v) is 16.9. The van der Waals surface area contributed by atoms with Crippen LogP contribution in [0.2, 0.25) is 5.15 Å². The summed E-state index contributed by atoms with van der Waals surface area (Å²) < 4.78 is 7.24. The second-order valence-corrected chi connectivity index (χ2v) is 6.99. The maximum absolute atomic E-state index is 6.11. The Hall–Kier alpha value is -1.06. The summed E-state index contributed by atoms with van der Waals surface area (Å²) >= 11 is 6.66. The van der Waals surface area contributed by atoms with Crippen molar-refractivity contribution in [2.75, 3.05) is 7.11 Å². The quantitative estimate of drug-likeness (QED) is 0.417. The van der Waals surface area contributed by atoms with Gasteiger partial charge in [0, 0.05) is 0 Å². The van der Waals surface area contributed by atoms with E-state index < -0.39 is 0 Å². The molecule has 0 aliphatic heterocycles. The van der Waals surface area contributed by atoms with E-state index in [2.05, 4.69) is 9.97 Å². The number of fused-ring (bicyclic) bond motifs is 1. The summed E-state index contributed by atoms with van der Waals surface area (Å²) in [6.45, 7) is 2.38. The van der Waals surface area contributed by atoms with Crippen LogP contribution in [0.25, 0.3) is 22.2 Å². The van der Waals surface area contributed by atoms with Crippen LogP contribution in [0.1, 0.15) is 11.4 Å². The van der Waals surface area contributed by atoms with Crippen LogP contribution in [0, 0.1) is 6.92 Å². The number of ether oxygens (including phenoxy) is 1. The molecule has 0 saturated carbocycles. The third kappa shape index (κ3) is 2.82. The molecule has 21 heavy (non-hydrogen) atoms. The summed E-state index contributed by atoms with van der Waals surface area (Å²) in [4.78, 5) is 8.64. The molecule has 0 saturated heterocycles. The fourth-order valence-corrected chi connectivity index (χ4v) is 3.78. The minimum absolute atomic E-state index is 0.407. The van der Waals surface area contributed by atoms with Gasteiger partial charge in [-0.25, -0.2) is 0 Å². The molecule has 0 aliphatic carbocycles. The molecule has 0 amide bonds. The van der Waals surface area contributed by atoms with Crippen molar-refractivity contribution in [3.05, 3.63) is 40.9 Å². The monoisotopic (exact) mass is 492 g/mol. The number of methoxy groups -OCH3 is 1. The molecule has 0 N–H and O–H groups in total. The van der Waals surface area contributed by atoms with Gasteiger partial charge in [-0.3, -0.25) is 0 Å². The first-order valence-electron chi connectivity index (χ1n) is 6.35. The molecule has 0 bridgehead atoms. The van der Waals surface area contributed by atoms with Gasteiger partial charge in [0.05, 0.1) is 0 Å². The van der Waals surface area contributed by atoms with Gasteiger partial charge in [-0.05, 0) is 0 Å². The zero-order chi connectivity index (χ0) is 15.0. The Morgan fingerprint density at radius 2 is 2.19 bits per heavy atom. The molecule has 0 radical (unpaired) electrons. The van der Waals surface area contributed by atoms with Crippen LogP contribution < -0.4 is 0 Å². The van der Waals surface area contributed by atoms with Crippen molar-refractivity contribution in [2.45, 2.75) is 13.5 Å². The van der Waals surface area contributed by atoms with Crippen LogP contribution in [-0.4, -0.2) is 50.7 Å². The van der Waals surface area contributed by atoms with Crippen LogP contribution in [-0.2, 0) is 11.3 Å². The molecule has 3 aromatic rings. The van der Waals surface area contributed by atoms with Crippen molar-refractivity contribution in [3.63, 3.8) is 0 Å². The average Bonchev–Trinajstić information content (AvgIpc) is 2.77. The van der Waals surface area contributed by atoms with E-state index in [-0.39, 0.29) is 0 Å². The molecule has 3 rings (SSSR count). The molecule has 0 aromatic carbocycles. The first kappa shape index (κ1) is 14.9. The average molecular weight is 492 g/mol. The fraction of sp³-hybridized carbons (Fsp3) is 0.214. The maximum atomic E-state index is 6.11. The third-order valence-corrected chi connectivity index (χ3v) is 4.91. The molecule has 0 unspecified atom stereocenters. The first-order valence-corrected chi connectivity index (χ1v) is 8.74. The molecule has 5 nitrogen and oxygen atoms in total. The number of hydrogen-bond acceptors (Lipinski definition) is 4. The van der Waals surface area contributed by atoms with Gasteiger partial charge in [-0.15, -0.1) is 0 Å². The first-order chi connectivity index (χ1) is 10.1. The number of aromatic nitrogens is 4. The van der Waals surface area contributed by atoms with E-state index in [0.717, 1.165) is 33.5 Å². The Morgan fingerprint density at radius 3 is 2.90 bits per heavy atom. The van der Waals surface area contributed by atoms with Crippen LogP contribution in [0.3, 0.4) is 0 Å². The Labute approximate surface area is 143 Å². The Kier molecular flexibility index (Phi) is 4.23. The summed E-state index contributed by atoms with van der Waals surface area (Å²) in [6.07, 6.45) is 1.80. The van der Waals surface area contributed by atoms with Gasteiger partial charge < -0.3 is 0 Å². The van der Waals surface area contributed by atoms with Gasteiger partial charge >= 0.3 is 144 Å². The van der Waals surface area contributed by atoms with Crippen LogP contribution in [0.15, 0.2) is 24.4 Å². The number of halogens is 1. The molecule has 3 aromatic heterocycles. The summed E-state index contributed by atoms with van der Waals surface area (Å²) in [5.41, 5.74) is 4.73. The predicted molar refractivity (Wildman–Crippen MR) is 82.4 cm³/mol. The molecule has 104 valence electrons.